The second-order valence-corrected chi connectivity index (χ2v) is 13.1. The van der Waals surface area contributed by atoms with Crippen LogP contribution in [0.15, 0.2) is 0 Å². The summed E-state index contributed by atoms with van der Waals surface area (Å²) in [5, 5.41) is 10.5. The van der Waals surface area contributed by atoms with Crippen molar-refractivity contribution in [3.8, 4) is 0 Å². The Morgan fingerprint density at radius 2 is 1.48 bits per heavy atom. The van der Waals surface area contributed by atoms with Gasteiger partial charge in [0.15, 0.2) is 0 Å². The lowest BCUT2D eigenvalue weighted by Gasteiger charge is -2.61. The Bertz CT molecular complexity index is 569. The van der Waals surface area contributed by atoms with Gasteiger partial charge in [-0.1, -0.05) is 54.4 Å². The van der Waals surface area contributed by atoms with Gasteiger partial charge >= 0.3 is 0 Å². The number of rotatable bonds is 5. The number of hydrogen-bond donors (Lipinski definition) is 1. The van der Waals surface area contributed by atoms with Crippen molar-refractivity contribution >= 4 is 0 Å². The van der Waals surface area contributed by atoms with Crippen molar-refractivity contribution in [2.45, 2.75) is 118 Å². The van der Waals surface area contributed by atoms with Crippen molar-refractivity contribution in [1.82, 2.24) is 0 Å². The quantitative estimate of drug-likeness (QED) is 0.499. The maximum atomic E-state index is 10.5. The van der Waals surface area contributed by atoms with E-state index in [-0.39, 0.29) is 6.10 Å². The van der Waals surface area contributed by atoms with Gasteiger partial charge in [-0.15, -0.1) is 0 Å². The Morgan fingerprint density at radius 1 is 0.793 bits per heavy atom. The standard InChI is InChI=1S/C28H50O/c1-18(2)19(3)7-8-20(4)24-13-14-25-23-12-10-21-9-11-22(29)17-28(21,6)26(23)15-16-27(24,25)5/h18-26,29H,7-17H2,1-6H3/t19-,20-,21?,22?,23+,24-,25+,26+,27-,28+/m1/s1. The summed E-state index contributed by atoms with van der Waals surface area (Å²) in [5.41, 5.74) is 1.02. The van der Waals surface area contributed by atoms with Gasteiger partial charge in [-0.05, 0) is 116 Å². The second kappa shape index (κ2) is 8.14. The lowest BCUT2D eigenvalue weighted by atomic mass is 9.44. The topological polar surface area (TPSA) is 20.2 Å². The Morgan fingerprint density at radius 3 is 2.21 bits per heavy atom. The summed E-state index contributed by atoms with van der Waals surface area (Å²) in [6.45, 7) is 15.1. The number of hydrogen-bond acceptors (Lipinski definition) is 1. The molecule has 0 spiro atoms. The summed E-state index contributed by atoms with van der Waals surface area (Å²) in [6, 6.07) is 0. The minimum atomic E-state index is -0.0254. The molecule has 0 aliphatic heterocycles. The van der Waals surface area contributed by atoms with Crippen LogP contribution < -0.4 is 0 Å². The van der Waals surface area contributed by atoms with E-state index in [4.69, 9.17) is 0 Å². The van der Waals surface area contributed by atoms with E-state index in [1.165, 1.54) is 57.8 Å². The molecule has 4 fully saturated rings. The molecule has 4 aliphatic rings. The van der Waals surface area contributed by atoms with Crippen LogP contribution >= 0.6 is 0 Å². The number of fused-ring (bicyclic) bond motifs is 5. The van der Waals surface area contributed by atoms with Gasteiger partial charge in [0, 0.05) is 0 Å². The minimum Gasteiger partial charge on any atom is -0.393 e. The molecule has 0 radical (unpaired) electrons. The molecule has 168 valence electrons. The van der Waals surface area contributed by atoms with Gasteiger partial charge in [-0.25, -0.2) is 0 Å². The molecule has 0 aromatic heterocycles. The first-order chi connectivity index (χ1) is 13.7. The van der Waals surface area contributed by atoms with Gasteiger partial charge in [-0.3, -0.25) is 0 Å². The first-order valence-electron chi connectivity index (χ1n) is 13.3. The van der Waals surface area contributed by atoms with Crippen LogP contribution in [0.1, 0.15) is 112 Å². The van der Waals surface area contributed by atoms with Crippen molar-refractivity contribution in [2.24, 2.45) is 58.2 Å². The average Bonchev–Trinajstić information content (AvgIpc) is 3.02. The van der Waals surface area contributed by atoms with Crippen molar-refractivity contribution in [3.05, 3.63) is 0 Å². The Labute approximate surface area is 181 Å². The van der Waals surface area contributed by atoms with Gasteiger partial charge in [-0.2, -0.15) is 0 Å². The molecule has 0 saturated heterocycles. The van der Waals surface area contributed by atoms with E-state index in [0.29, 0.717) is 10.8 Å². The van der Waals surface area contributed by atoms with E-state index >= 15 is 0 Å². The SMILES string of the molecule is CC(C)[C@H](C)CC[C@@H](C)[C@H]1CC[C@H]2[C@@H]3CCC4CCC(O)C[C@]4(C)[C@H]3CC[C@]12C. The zero-order chi connectivity index (χ0) is 21.0. The molecule has 1 heteroatoms. The smallest absolute Gasteiger partial charge is 0.0545 e. The predicted molar refractivity (Wildman–Crippen MR) is 124 cm³/mol. The van der Waals surface area contributed by atoms with E-state index in [1.807, 2.05) is 0 Å². The molecule has 0 amide bonds. The molecule has 0 aromatic rings. The molecule has 2 unspecified atom stereocenters. The fraction of sp³-hybridized carbons (Fsp3) is 1.00. The lowest BCUT2D eigenvalue weighted by Crippen LogP contribution is -2.54. The first-order valence-corrected chi connectivity index (χ1v) is 13.3. The van der Waals surface area contributed by atoms with Crippen molar-refractivity contribution < 1.29 is 5.11 Å². The minimum absolute atomic E-state index is 0.0254. The third kappa shape index (κ3) is 3.74. The Hall–Kier alpha value is -0.0400. The maximum Gasteiger partial charge on any atom is 0.0545 e. The van der Waals surface area contributed by atoms with Crippen molar-refractivity contribution in [1.29, 1.82) is 0 Å². The van der Waals surface area contributed by atoms with E-state index in [0.717, 1.165) is 60.2 Å². The van der Waals surface area contributed by atoms with Crippen molar-refractivity contribution in [2.75, 3.05) is 0 Å². The molecule has 1 nitrogen and oxygen atoms in total. The molecule has 10 atom stereocenters. The molecule has 0 heterocycles. The zero-order valence-electron chi connectivity index (χ0n) is 20.4. The fourth-order valence-electron chi connectivity index (χ4n) is 9.37. The maximum absolute atomic E-state index is 10.5. The van der Waals surface area contributed by atoms with Gasteiger partial charge in [0.1, 0.15) is 0 Å². The molecular formula is C28H50O. The largest absolute Gasteiger partial charge is 0.393 e. The summed E-state index contributed by atoms with van der Waals surface area (Å²) >= 11 is 0. The molecule has 4 rings (SSSR count). The summed E-state index contributed by atoms with van der Waals surface area (Å²) in [7, 11) is 0. The van der Waals surface area contributed by atoms with Gasteiger partial charge < -0.3 is 5.11 Å². The highest BCUT2D eigenvalue weighted by molar-refractivity contribution is 5.09. The molecule has 4 saturated carbocycles. The van der Waals surface area contributed by atoms with Crippen LogP contribution in [0, 0.1) is 58.2 Å². The molecular weight excluding hydrogens is 352 g/mol. The van der Waals surface area contributed by atoms with E-state index in [9.17, 15) is 5.11 Å². The summed E-state index contributed by atoms with van der Waals surface area (Å²) in [4.78, 5) is 0. The summed E-state index contributed by atoms with van der Waals surface area (Å²) in [5.74, 6) is 7.24. The van der Waals surface area contributed by atoms with Crippen LogP contribution in [0.2, 0.25) is 0 Å². The highest BCUT2D eigenvalue weighted by Gasteiger charge is 2.60. The van der Waals surface area contributed by atoms with Crippen LogP contribution in [0.4, 0.5) is 0 Å². The van der Waals surface area contributed by atoms with Crippen LogP contribution in [-0.2, 0) is 0 Å². The highest BCUT2D eigenvalue weighted by Crippen LogP contribution is 2.68. The number of aliphatic hydroxyl groups is 1. The van der Waals surface area contributed by atoms with E-state index in [1.54, 1.807) is 0 Å². The molecule has 0 aromatic carbocycles. The Kier molecular flexibility index (Phi) is 6.22. The van der Waals surface area contributed by atoms with E-state index in [2.05, 4.69) is 41.5 Å². The lowest BCUT2D eigenvalue weighted by molar-refractivity contribution is -0.133. The van der Waals surface area contributed by atoms with Crippen LogP contribution in [0.3, 0.4) is 0 Å². The molecule has 1 N–H and O–H groups in total. The van der Waals surface area contributed by atoms with Crippen LogP contribution in [0.25, 0.3) is 0 Å². The van der Waals surface area contributed by atoms with Crippen LogP contribution in [-0.4, -0.2) is 11.2 Å². The molecule has 0 bridgehead atoms. The summed E-state index contributed by atoms with van der Waals surface area (Å²) < 4.78 is 0. The van der Waals surface area contributed by atoms with Gasteiger partial charge in [0.2, 0.25) is 0 Å². The molecule has 29 heavy (non-hydrogen) atoms. The summed E-state index contributed by atoms with van der Waals surface area (Å²) in [6.07, 6.45) is 15.1. The average molecular weight is 403 g/mol. The normalized spacial score (nSPS) is 49.2. The first kappa shape index (κ1) is 22.2. The third-order valence-electron chi connectivity index (χ3n) is 11.6. The van der Waals surface area contributed by atoms with Gasteiger partial charge in [0.25, 0.3) is 0 Å². The fourth-order valence-corrected chi connectivity index (χ4v) is 9.37. The number of aliphatic hydroxyl groups excluding tert-OH is 1. The van der Waals surface area contributed by atoms with Crippen molar-refractivity contribution in [3.63, 3.8) is 0 Å². The van der Waals surface area contributed by atoms with E-state index < -0.39 is 0 Å². The highest BCUT2D eigenvalue weighted by atomic mass is 16.3. The third-order valence-corrected chi connectivity index (χ3v) is 11.6. The monoisotopic (exact) mass is 402 g/mol. The Balaban J connectivity index is 1.47. The second-order valence-electron chi connectivity index (χ2n) is 13.1. The predicted octanol–water partition coefficient (Wildman–Crippen LogP) is 7.71. The van der Waals surface area contributed by atoms with Crippen LogP contribution in [0.5, 0.6) is 0 Å². The molecule has 4 aliphatic carbocycles. The van der Waals surface area contributed by atoms with Gasteiger partial charge in [0.05, 0.1) is 6.10 Å². The zero-order valence-corrected chi connectivity index (χ0v) is 20.4.